The molecular weight excluding hydrogens is 202 g/mol. The average Bonchev–Trinajstić information content (AvgIpc) is 2.24. The van der Waals surface area contributed by atoms with Crippen LogP contribution in [-0.2, 0) is 4.79 Å². The van der Waals surface area contributed by atoms with Gasteiger partial charge in [0.1, 0.15) is 0 Å². The lowest BCUT2D eigenvalue weighted by Gasteiger charge is -2.22. The van der Waals surface area contributed by atoms with Gasteiger partial charge in [0.15, 0.2) is 0 Å². The van der Waals surface area contributed by atoms with Crippen molar-refractivity contribution in [2.45, 2.75) is 13.3 Å². The SMILES string of the molecule is C=CCNCC(=O)N(CC)CCCN(C)C. The van der Waals surface area contributed by atoms with E-state index in [-0.39, 0.29) is 5.91 Å². The largest absolute Gasteiger partial charge is 0.342 e. The minimum atomic E-state index is 0.170. The van der Waals surface area contributed by atoms with Crippen molar-refractivity contribution in [2.75, 3.05) is 46.8 Å². The molecule has 16 heavy (non-hydrogen) atoms. The van der Waals surface area contributed by atoms with Gasteiger partial charge in [-0.2, -0.15) is 0 Å². The van der Waals surface area contributed by atoms with E-state index >= 15 is 0 Å². The standard InChI is InChI=1S/C12H25N3O/c1-5-8-13-11-12(16)15(6-2)10-7-9-14(3)4/h5,13H,1,6-11H2,2-4H3. The van der Waals surface area contributed by atoms with Gasteiger partial charge in [0.05, 0.1) is 6.54 Å². The zero-order valence-electron chi connectivity index (χ0n) is 10.8. The van der Waals surface area contributed by atoms with Crippen molar-refractivity contribution in [2.24, 2.45) is 0 Å². The van der Waals surface area contributed by atoms with Crippen LogP contribution < -0.4 is 5.32 Å². The smallest absolute Gasteiger partial charge is 0.236 e. The zero-order valence-corrected chi connectivity index (χ0v) is 10.8. The molecule has 1 N–H and O–H groups in total. The molecule has 0 atom stereocenters. The Hall–Kier alpha value is -0.870. The van der Waals surface area contributed by atoms with Gasteiger partial charge < -0.3 is 15.1 Å². The second-order valence-electron chi connectivity index (χ2n) is 4.05. The van der Waals surface area contributed by atoms with Crippen LogP contribution in [0.15, 0.2) is 12.7 Å². The summed E-state index contributed by atoms with van der Waals surface area (Å²) in [5, 5.41) is 3.03. The highest BCUT2D eigenvalue weighted by Crippen LogP contribution is 1.93. The summed E-state index contributed by atoms with van der Waals surface area (Å²) in [6.07, 6.45) is 2.78. The summed E-state index contributed by atoms with van der Waals surface area (Å²) in [6, 6.07) is 0. The third-order valence-corrected chi connectivity index (χ3v) is 2.33. The molecule has 0 saturated heterocycles. The topological polar surface area (TPSA) is 35.6 Å². The first-order valence-corrected chi connectivity index (χ1v) is 5.86. The van der Waals surface area contributed by atoms with Gasteiger partial charge in [0.25, 0.3) is 0 Å². The van der Waals surface area contributed by atoms with Crippen molar-refractivity contribution in [1.82, 2.24) is 15.1 Å². The van der Waals surface area contributed by atoms with Crippen molar-refractivity contribution in [3.05, 3.63) is 12.7 Å². The number of rotatable bonds is 9. The fraction of sp³-hybridized carbons (Fsp3) is 0.750. The Morgan fingerprint density at radius 2 is 2.06 bits per heavy atom. The Morgan fingerprint density at radius 1 is 1.38 bits per heavy atom. The van der Waals surface area contributed by atoms with Gasteiger partial charge in [-0.1, -0.05) is 6.08 Å². The molecule has 0 saturated carbocycles. The molecule has 0 aromatic heterocycles. The van der Waals surface area contributed by atoms with E-state index in [9.17, 15) is 4.79 Å². The third-order valence-electron chi connectivity index (χ3n) is 2.33. The lowest BCUT2D eigenvalue weighted by molar-refractivity contribution is -0.130. The highest BCUT2D eigenvalue weighted by Gasteiger charge is 2.09. The van der Waals surface area contributed by atoms with E-state index in [0.29, 0.717) is 13.1 Å². The first-order valence-electron chi connectivity index (χ1n) is 5.86. The molecule has 0 fully saturated rings. The van der Waals surface area contributed by atoms with Gasteiger partial charge in [0.2, 0.25) is 5.91 Å². The van der Waals surface area contributed by atoms with Crippen molar-refractivity contribution in [3.63, 3.8) is 0 Å². The first-order chi connectivity index (χ1) is 7.61. The molecule has 0 bridgehead atoms. The highest BCUT2D eigenvalue weighted by molar-refractivity contribution is 5.78. The van der Waals surface area contributed by atoms with Gasteiger partial charge in [-0.25, -0.2) is 0 Å². The number of carbonyl (C=O) groups is 1. The summed E-state index contributed by atoms with van der Waals surface area (Å²) >= 11 is 0. The number of nitrogens with one attached hydrogen (secondary N) is 1. The van der Waals surface area contributed by atoms with Crippen LogP contribution in [0.3, 0.4) is 0 Å². The van der Waals surface area contributed by atoms with Crippen molar-refractivity contribution in [1.29, 1.82) is 0 Å². The van der Waals surface area contributed by atoms with E-state index < -0.39 is 0 Å². The quantitative estimate of drug-likeness (QED) is 0.462. The first kappa shape index (κ1) is 15.1. The maximum atomic E-state index is 11.7. The van der Waals surface area contributed by atoms with Gasteiger partial charge in [-0.3, -0.25) is 4.79 Å². The molecule has 0 aliphatic heterocycles. The molecule has 0 aliphatic carbocycles. The summed E-state index contributed by atoms with van der Waals surface area (Å²) in [5.74, 6) is 0.170. The molecule has 0 heterocycles. The van der Waals surface area contributed by atoms with Crippen LogP contribution in [0, 0.1) is 0 Å². The highest BCUT2D eigenvalue weighted by atomic mass is 16.2. The lowest BCUT2D eigenvalue weighted by atomic mass is 10.3. The number of amides is 1. The maximum Gasteiger partial charge on any atom is 0.236 e. The molecule has 4 nitrogen and oxygen atoms in total. The van der Waals surface area contributed by atoms with Crippen LogP contribution in [-0.4, -0.2) is 62.5 Å². The van der Waals surface area contributed by atoms with Gasteiger partial charge >= 0.3 is 0 Å². The predicted molar refractivity (Wildman–Crippen MR) is 68.5 cm³/mol. The maximum absolute atomic E-state index is 11.7. The van der Waals surface area contributed by atoms with E-state index in [4.69, 9.17) is 0 Å². The second kappa shape index (κ2) is 9.36. The summed E-state index contributed by atoms with van der Waals surface area (Å²) in [6.45, 7) is 9.33. The van der Waals surface area contributed by atoms with Gasteiger partial charge in [-0.15, -0.1) is 6.58 Å². The minimum Gasteiger partial charge on any atom is -0.342 e. The summed E-state index contributed by atoms with van der Waals surface area (Å²) in [5.41, 5.74) is 0. The number of likely N-dealkylation sites (N-methyl/N-ethyl adjacent to an activating group) is 1. The van der Waals surface area contributed by atoms with Crippen LogP contribution in [0.1, 0.15) is 13.3 Å². The molecule has 0 aromatic carbocycles. The lowest BCUT2D eigenvalue weighted by Crippen LogP contribution is -2.39. The Kier molecular flexibility index (Phi) is 8.85. The number of carbonyl (C=O) groups excluding carboxylic acids is 1. The molecule has 0 rings (SSSR count). The Balaban J connectivity index is 3.78. The summed E-state index contributed by atoms with van der Waals surface area (Å²) < 4.78 is 0. The molecular formula is C12H25N3O. The molecule has 0 unspecified atom stereocenters. The van der Waals surface area contributed by atoms with E-state index in [1.807, 2.05) is 25.9 Å². The minimum absolute atomic E-state index is 0.170. The normalized spacial score (nSPS) is 10.5. The molecule has 1 amide bonds. The fourth-order valence-corrected chi connectivity index (χ4v) is 1.43. The Bertz CT molecular complexity index is 204. The van der Waals surface area contributed by atoms with Crippen molar-refractivity contribution in [3.8, 4) is 0 Å². The monoisotopic (exact) mass is 227 g/mol. The number of hydrogen-bond acceptors (Lipinski definition) is 3. The summed E-state index contributed by atoms with van der Waals surface area (Å²) in [4.78, 5) is 15.8. The Labute approximate surface area is 99.3 Å². The molecule has 0 spiro atoms. The predicted octanol–water partition coefficient (Wildman–Crippen LogP) is 0.562. The van der Waals surface area contributed by atoms with Crippen LogP contribution in [0.4, 0.5) is 0 Å². The second-order valence-corrected chi connectivity index (χ2v) is 4.05. The van der Waals surface area contributed by atoms with Gasteiger partial charge in [-0.05, 0) is 34.0 Å². The summed E-state index contributed by atoms with van der Waals surface area (Å²) in [7, 11) is 4.09. The number of nitrogens with zero attached hydrogens (tertiary/aromatic N) is 2. The van der Waals surface area contributed by atoms with Crippen LogP contribution in [0.25, 0.3) is 0 Å². The van der Waals surface area contributed by atoms with Crippen molar-refractivity contribution >= 4 is 5.91 Å². The van der Waals surface area contributed by atoms with Crippen molar-refractivity contribution < 1.29 is 4.79 Å². The Morgan fingerprint density at radius 3 is 2.56 bits per heavy atom. The van der Waals surface area contributed by atoms with E-state index in [0.717, 1.165) is 26.1 Å². The van der Waals surface area contributed by atoms with Crippen LogP contribution in [0.5, 0.6) is 0 Å². The van der Waals surface area contributed by atoms with E-state index in [1.165, 1.54) is 0 Å². The van der Waals surface area contributed by atoms with Gasteiger partial charge in [0, 0.05) is 19.6 Å². The number of hydrogen-bond donors (Lipinski definition) is 1. The molecule has 0 aromatic rings. The van der Waals surface area contributed by atoms with Crippen LogP contribution in [0.2, 0.25) is 0 Å². The van der Waals surface area contributed by atoms with E-state index in [1.54, 1.807) is 6.08 Å². The van der Waals surface area contributed by atoms with E-state index in [2.05, 4.69) is 16.8 Å². The molecule has 4 heteroatoms. The van der Waals surface area contributed by atoms with Crippen LogP contribution >= 0.6 is 0 Å². The molecule has 0 aliphatic rings. The fourth-order valence-electron chi connectivity index (χ4n) is 1.43. The third kappa shape index (κ3) is 7.43. The molecule has 94 valence electrons. The average molecular weight is 227 g/mol. The molecule has 0 radical (unpaired) electrons. The zero-order chi connectivity index (χ0) is 12.4.